The summed E-state index contributed by atoms with van der Waals surface area (Å²) < 4.78 is 21.5. The molecule has 5 heterocycles. The van der Waals surface area contributed by atoms with E-state index in [0.29, 0.717) is 24.7 Å². The normalized spacial score (nSPS) is 21.1. The van der Waals surface area contributed by atoms with Crippen LogP contribution in [0.4, 0.5) is 9.59 Å². The summed E-state index contributed by atoms with van der Waals surface area (Å²) in [6.45, 7) is 9.95. The molecular weight excluding hydrogens is 781 g/mol. The Labute approximate surface area is 354 Å². The van der Waals surface area contributed by atoms with Crippen molar-refractivity contribution >= 4 is 45.8 Å². The highest BCUT2D eigenvalue weighted by atomic mass is 16.5. The van der Waals surface area contributed by atoms with Crippen molar-refractivity contribution in [2.75, 3.05) is 21.3 Å². The Balaban J connectivity index is 1.04. The lowest BCUT2D eigenvalue weighted by molar-refractivity contribution is -0.139. The van der Waals surface area contributed by atoms with Gasteiger partial charge in [-0.05, 0) is 98.7 Å². The van der Waals surface area contributed by atoms with E-state index in [1.807, 2.05) is 38.7 Å². The molecule has 0 aliphatic carbocycles. The number of nitrogens with zero attached hydrogens (tertiary/aromatic N) is 4. The summed E-state index contributed by atoms with van der Waals surface area (Å²) >= 11 is 0. The van der Waals surface area contributed by atoms with Crippen LogP contribution in [0.3, 0.4) is 0 Å². The molecule has 5 aromatic rings. The molecule has 7 atom stereocenters. The van der Waals surface area contributed by atoms with Crippen LogP contribution in [-0.4, -0.2) is 105 Å². The molecule has 2 fully saturated rings. The van der Waals surface area contributed by atoms with Gasteiger partial charge in [0.25, 0.3) is 0 Å². The highest BCUT2D eigenvalue weighted by molar-refractivity contribution is 6.07. The van der Waals surface area contributed by atoms with E-state index in [0.717, 1.165) is 74.8 Å². The van der Waals surface area contributed by atoms with Crippen molar-refractivity contribution < 1.29 is 38.1 Å². The third-order valence-electron chi connectivity index (χ3n) is 12.7. The van der Waals surface area contributed by atoms with E-state index in [4.69, 9.17) is 28.9 Å². The highest BCUT2D eigenvalue weighted by Gasteiger charge is 2.43. The number of fused-ring (bicyclic) bond motifs is 6. The number of hydrogen-bond donors (Lipinski definition) is 4. The second-order valence-corrected chi connectivity index (χ2v) is 16.8. The van der Waals surface area contributed by atoms with Crippen molar-refractivity contribution in [3.8, 4) is 28.1 Å². The van der Waals surface area contributed by atoms with Crippen LogP contribution in [-0.2, 0) is 30.4 Å². The van der Waals surface area contributed by atoms with Gasteiger partial charge < -0.3 is 49.3 Å². The van der Waals surface area contributed by atoms with Crippen LogP contribution in [0.15, 0.2) is 48.7 Å². The van der Waals surface area contributed by atoms with E-state index in [1.165, 1.54) is 21.3 Å². The summed E-state index contributed by atoms with van der Waals surface area (Å²) in [5.74, 6) is 1.59. The smallest absolute Gasteiger partial charge is 0.407 e. The maximum atomic E-state index is 14.0. The second kappa shape index (κ2) is 16.7. The number of hydrogen-bond acceptors (Lipinski definition) is 10. The SMILES string of the molecule is COC(=O)NC(C(=O)N1[C@@H](C)CC[C@H]1c1ncc(-c2ccc3c(c2)COc2cc4c(ccc5[nH]c([C@@H]6CC[C@H](C)N6C(=O)[C@@H](NC(=O)OC)C(C)C)nc54)cc2-3)[nH]1)[C@@H](C)OC. The minimum Gasteiger partial charge on any atom is -0.488 e. The number of amides is 4. The van der Waals surface area contributed by atoms with Crippen LogP contribution < -0.4 is 15.4 Å². The van der Waals surface area contributed by atoms with Gasteiger partial charge in [0.15, 0.2) is 0 Å². The number of carbonyl (C=O) groups excluding carboxylic acids is 4. The van der Waals surface area contributed by atoms with Gasteiger partial charge in [-0.25, -0.2) is 19.6 Å². The third kappa shape index (κ3) is 7.62. The van der Waals surface area contributed by atoms with E-state index in [1.54, 1.807) is 18.0 Å². The summed E-state index contributed by atoms with van der Waals surface area (Å²) in [6, 6.07) is 12.2. The summed E-state index contributed by atoms with van der Waals surface area (Å²) in [6.07, 6.45) is 2.93. The fourth-order valence-electron chi connectivity index (χ4n) is 9.25. The van der Waals surface area contributed by atoms with E-state index < -0.39 is 30.4 Å². The first-order chi connectivity index (χ1) is 29.3. The van der Waals surface area contributed by atoms with E-state index in [-0.39, 0.29) is 41.9 Å². The van der Waals surface area contributed by atoms with Gasteiger partial charge in [0, 0.05) is 30.1 Å². The molecule has 0 saturated carbocycles. The molecule has 4 N–H and O–H groups in total. The van der Waals surface area contributed by atoms with Gasteiger partial charge in [-0.3, -0.25) is 9.59 Å². The molecule has 16 nitrogen and oxygen atoms in total. The molecule has 3 aliphatic rings. The number of aromatic nitrogens is 4. The fraction of sp³-hybridized carbons (Fsp3) is 0.467. The van der Waals surface area contributed by atoms with Gasteiger partial charge in [0.05, 0.1) is 55.3 Å². The number of imidazole rings is 2. The Morgan fingerprint density at radius 3 is 2.10 bits per heavy atom. The fourth-order valence-corrected chi connectivity index (χ4v) is 9.25. The number of carbonyl (C=O) groups is 4. The molecular formula is C45H54N8O8. The number of benzene rings is 3. The minimum absolute atomic E-state index is 0.0295. The lowest BCUT2D eigenvalue weighted by atomic mass is 9.92. The van der Waals surface area contributed by atoms with Crippen LogP contribution in [0.1, 0.15) is 89.6 Å². The highest BCUT2D eigenvalue weighted by Crippen LogP contribution is 2.44. The molecule has 2 aromatic heterocycles. The quantitative estimate of drug-likeness (QED) is 0.115. The summed E-state index contributed by atoms with van der Waals surface area (Å²) in [5, 5.41) is 7.34. The molecule has 0 radical (unpaired) electrons. The third-order valence-corrected chi connectivity index (χ3v) is 12.7. The molecule has 3 aliphatic heterocycles. The Kier molecular flexibility index (Phi) is 11.4. The van der Waals surface area contributed by atoms with E-state index in [2.05, 4.69) is 57.0 Å². The van der Waals surface area contributed by atoms with Gasteiger partial charge in [0.1, 0.15) is 36.1 Å². The number of methoxy groups -OCH3 is 3. The first-order valence-electron chi connectivity index (χ1n) is 21.0. The topological polar surface area (TPSA) is 193 Å². The van der Waals surface area contributed by atoms with Crippen LogP contribution in [0, 0.1) is 5.92 Å². The van der Waals surface area contributed by atoms with Crippen molar-refractivity contribution in [3.63, 3.8) is 0 Å². The number of aromatic amines is 2. The Morgan fingerprint density at radius 1 is 0.787 bits per heavy atom. The predicted molar refractivity (Wildman–Crippen MR) is 227 cm³/mol. The zero-order valence-electron chi connectivity index (χ0n) is 35.8. The maximum absolute atomic E-state index is 14.0. The lowest BCUT2D eigenvalue weighted by Gasteiger charge is -2.33. The lowest BCUT2D eigenvalue weighted by Crippen LogP contribution is -2.55. The van der Waals surface area contributed by atoms with Crippen molar-refractivity contribution in [1.82, 2.24) is 40.4 Å². The van der Waals surface area contributed by atoms with Gasteiger partial charge in [-0.2, -0.15) is 0 Å². The van der Waals surface area contributed by atoms with Gasteiger partial charge >= 0.3 is 12.2 Å². The standard InChI is InChI=1S/C45H54N8O8/c1-22(2)37(50-44(56)59-7)42(54)53-24(4)10-16-35(53)41-47-32-14-12-26-18-31-29-13-11-27(17-28(29)21-61-36(31)19-30(26)39(32)49-41)33-20-46-40(48-33)34-15-9-23(3)52(34)43(55)38(25(5)58-6)51-45(57)60-8/h11-14,17-20,22-25,34-35,37-38H,9-10,15-16,21H2,1-8H3,(H,46,48)(H,47,49)(H,50,56)(H,51,57)/t23-,24-,25+,34-,35-,37-,38?/m0/s1. The number of ether oxygens (including phenoxy) is 4. The van der Waals surface area contributed by atoms with E-state index in [9.17, 15) is 19.2 Å². The number of H-pyrrole nitrogens is 2. The average molecular weight is 835 g/mol. The van der Waals surface area contributed by atoms with Crippen molar-refractivity contribution in [3.05, 3.63) is 65.9 Å². The Hall–Kier alpha value is -6.16. The molecule has 4 amide bonds. The molecule has 61 heavy (non-hydrogen) atoms. The Bertz CT molecular complexity index is 2500. The molecule has 0 spiro atoms. The molecule has 1 unspecified atom stereocenters. The van der Waals surface area contributed by atoms with Crippen LogP contribution >= 0.6 is 0 Å². The maximum Gasteiger partial charge on any atom is 0.407 e. The number of alkyl carbamates (subject to hydrolysis) is 2. The molecule has 8 rings (SSSR count). The summed E-state index contributed by atoms with van der Waals surface area (Å²) in [7, 11) is 4.05. The first-order valence-corrected chi connectivity index (χ1v) is 21.0. The van der Waals surface area contributed by atoms with Crippen LogP contribution in [0.2, 0.25) is 0 Å². The molecule has 0 bridgehead atoms. The monoisotopic (exact) mass is 834 g/mol. The van der Waals surface area contributed by atoms with Crippen molar-refractivity contribution in [2.24, 2.45) is 5.92 Å². The number of rotatable bonds is 10. The average Bonchev–Trinajstić information content (AvgIpc) is 4.08. The largest absolute Gasteiger partial charge is 0.488 e. The zero-order chi connectivity index (χ0) is 43.3. The first kappa shape index (κ1) is 41.6. The zero-order valence-corrected chi connectivity index (χ0v) is 35.8. The van der Waals surface area contributed by atoms with Crippen molar-refractivity contribution in [1.29, 1.82) is 0 Å². The minimum atomic E-state index is -0.927. The van der Waals surface area contributed by atoms with Crippen molar-refractivity contribution in [2.45, 2.75) is 109 Å². The predicted octanol–water partition coefficient (Wildman–Crippen LogP) is 6.91. The van der Waals surface area contributed by atoms with E-state index >= 15 is 0 Å². The van der Waals surface area contributed by atoms with Gasteiger partial charge in [-0.1, -0.05) is 32.0 Å². The van der Waals surface area contributed by atoms with Crippen LogP contribution in [0.25, 0.3) is 44.2 Å². The number of likely N-dealkylation sites (tertiary alicyclic amines) is 2. The second-order valence-electron chi connectivity index (χ2n) is 16.8. The number of nitrogens with one attached hydrogen (secondary N) is 4. The molecule has 322 valence electrons. The van der Waals surface area contributed by atoms with Gasteiger partial charge in [-0.15, -0.1) is 0 Å². The molecule has 16 heteroatoms. The Morgan fingerprint density at radius 2 is 1.44 bits per heavy atom. The molecule has 3 aromatic carbocycles. The summed E-state index contributed by atoms with van der Waals surface area (Å²) in [4.78, 5) is 72.7. The van der Waals surface area contributed by atoms with Crippen LogP contribution in [0.5, 0.6) is 5.75 Å². The van der Waals surface area contributed by atoms with Gasteiger partial charge in [0.2, 0.25) is 11.8 Å². The summed E-state index contributed by atoms with van der Waals surface area (Å²) in [5.41, 5.74) is 6.50. The molecule has 2 saturated heterocycles.